The predicted molar refractivity (Wildman–Crippen MR) is 121 cm³/mol. The molecule has 0 radical (unpaired) electrons. The van der Waals surface area contributed by atoms with Crippen LogP contribution >= 0.6 is 0 Å². The van der Waals surface area contributed by atoms with Gasteiger partial charge in [-0.15, -0.1) is 0 Å². The number of rotatable bonds is 3. The van der Waals surface area contributed by atoms with Crippen molar-refractivity contribution in [3.8, 4) is 22.3 Å². The Bertz CT molecular complexity index is 1060. The molecule has 0 fully saturated rings. The molecule has 0 unspecified atom stereocenters. The van der Waals surface area contributed by atoms with Gasteiger partial charge < -0.3 is 5.32 Å². The summed E-state index contributed by atoms with van der Waals surface area (Å²) in [4.78, 5) is 17.3. The van der Waals surface area contributed by atoms with Crippen LogP contribution < -0.4 is 5.32 Å². The van der Waals surface area contributed by atoms with Gasteiger partial charge in [-0.05, 0) is 84.8 Å². The van der Waals surface area contributed by atoms with E-state index in [4.69, 9.17) is 0 Å². The summed E-state index contributed by atoms with van der Waals surface area (Å²) >= 11 is 0. The number of pyridine rings is 1. The van der Waals surface area contributed by atoms with E-state index in [2.05, 4.69) is 31.1 Å². The molecule has 0 aliphatic rings. The Morgan fingerprint density at radius 1 is 0.867 bits per heavy atom. The highest BCUT2D eigenvalue weighted by Crippen LogP contribution is 2.35. The van der Waals surface area contributed by atoms with E-state index in [9.17, 15) is 9.18 Å². The van der Waals surface area contributed by atoms with Gasteiger partial charge in [-0.25, -0.2) is 4.39 Å². The van der Waals surface area contributed by atoms with Crippen molar-refractivity contribution >= 4 is 5.91 Å². The third kappa shape index (κ3) is 5.12. The Kier molecular flexibility index (Phi) is 5.80. The van der Waals surface area contributed by atoms with Gasteiger partial charge in [-0.3, -0.25) is 9.78 Å². The average Bonchev–Trinajstić information content (AvgIpc) is 2.66. The molecule has 156 valence electrons. The minimum atomic E-state index is -0.353. The summed E-state index contributed by atoms with van der Waals surface area (Å²) in [5.74, 6) is -0.434. The number of amides is 1. The van der Waals surface area contributed by atoms with Crippen LogP contribution in [0, 0.1) is 5.82 Å². The molecule has 0 spiro atoms. The van der Waals surface area contributed by atoms with E-state index in [0.717, 1.165) is 27.8 Å². The summed E-state index contributed by atoms with van der Waals surface area (Å²) in [6.45, 7) is 12.3. The molecule has 1 heterocycles. The summed E-state index contributed by atoms with van der Waals surface area (Å²) in [6, 6.07) is 14.1. The number of nitrogens with zero attached hydrogens (tertiary/aromatic N) is 1. The number of aromatic nitrogens is 1. The monoisotopic (exact) mass is 404 g/mol. The van der Waals surface area contributed by atoms with Gasteiger partial charge in [0.2, 0.25) is 0 Å². The first-order chi connectivity index (χ1) is 13.9. The lowest BCUT2D eigenvalue weighted by atomic mass is 9.82. The predicted octanol–water partition coefficient (Wildman–Crippen LogP) is 6.38. The minimum absolute atomic E-state index is 0.0853. The third-order valence-corrected chi connectivity index (χ3v) is 4.80. The van der Waals surface area contributed by atoms with Crippen molar-refractivity contribution < 1.29 is 9.18 Å². The van der Waals surface area contributed by atoms with Crippen LogP contribution in [0.5, 0.6) is 0 Å². The summed E-state index contributed by atoms with van der Waals surface area (Å²) in [6.07, 6.45) is 3.64. The van der Waals surface area contributed by atoms with Crippen molar-refractivity contribution in [1.82, 2.24) is 10.3 Å². The lowest BCUT2D eigenvalue weighted by Gasteiger charge is -2.24. The third-order valence-electron chi connectivity index (χ3n) is 4.80. The van der Waals surface area contributed by atoms with Crippen LogP contribution in [0.1, 0.15) is 57.5 Å². The van der Waals surface area contributed by atoms with E-state index in [1.165, 1.54) is 12.1 Å². The van der Waals surface area contributed by atoms with E-state index < -0.39 is 0 Å². The second-order valence-electron chi connectivity index (χ2n) is 9.68. The number of carbonyl (C=O) groups excluding carboxylic acids is 1. The molecule has 1 N–H and O–H groups in total. The summed E-state index contributed by atoms with van der Waals surface area (Å²) in [5.41, 5.74) is 4.88. The molecule has 0 bridgehead atoms. The SMILES string of the molecule is CC(C)(C)NC(=O)c1cc(-c2ccc(F)cc2)cc(-c2cnccc2C(C)(C)C)c1. The van der Waals surface area contributed by atoms with Crippen molar-refractivity contribution in [2.24, 2.45) is 0 Å². The van der Waals surface area contributed by atoms with Gasteiger partial charge in [-0.2, -0.15) is 0 Å². The highest BCUT2D eigenvalue weighted by Gasteiger charge is 2.21. The van der Waals surface area contributed by atoms with Gasteiger partial charge in [0.25, 0.3) is 5.91 Å². The number of hydrogen-bond donors (Lipinski definition) is 1. The largest absolute Gasteiger partial charge is 0.347 e. The first kappa shape index (κ1) is 21.7. The molecule has 1 aromatic heterocycles. The molecular formula is C26H29FN2O. The first-order valence-electron chi connectivity index (χ1n) is 10.1. The van der Waals surface area contributed by atoms with E-state index in [1.54, 1.807) is 18.3 Å². The van der Waals surface area contributed by atoms with Gasteiger partial charge in [-0.1, -0.05) is 32.9 Å². The van der Waals surface area contributed by atoms with E-state index in [-0.39, 0.29) is 22.7 Å². The maximum absolute atomic E-state index is 13.5. The minimum Gasteiger partial charge on any atom is -0.347 e. The van der Waals surface area contributed by atoms with Crippen LogP contribution in [-0.2, 0) is 5.41 Å². The smallest absolute Gasteiger partial charge is 0.251 e. The Labute approximate surface area is 178 Å². The fourth-order valence-corrected chi connectivity index (χ4v) is 3.41. The van der Waals surface area contributed by atoms with Crippen molar-refractivity contribution in [2.45, 2.75) is 52.5 Å². The number of halogens is 1. The fourth-order valence-electron chi connectivity index (χ4n) is 3.41. The molecular weight excluding hydrogens is 375 g/mol. The van der Waals surface area contributed by atoms with E-state index in [0.29, 0.717) is 5.56 Å². The molecule has 0 saturated heterocycles. The Hall–Kier alpha value is -3.01. The molecule has 1 amide bonds. The number of hydrogen-bond acceptors (Lipinski definition) is 2. The van der Waals surface area contributed by atoms with E-state index in [1.807, 2.05) is 51.2 Å². The standard InChI is InChI=1S/C26H29FN2O/c1-25(2,3)23-11-12-28-16-22(23)19-13-18(17-7-9-21(27)10-8-17)14-20(15-19)24(30)29-26(4,5)6/h7-16H,1-6H3,(H,29,30). The maximum Gasteiger partial charge on any atom is 0.251 e. The van der Waals surface area contributed by atoms with Crippen molar-refractivity contribution in [3.05, 3.63) is 77.9 Å². The number of carbonyl (C=O) groups is 1. The molecule has 4 heteroatoms. The summed E-state index contributed by atoms with van der Waals surface area (Å²) in [7, 11) is 0. The normalized spacial score (nSPS) is 12.0. The Morgan fingerprint density at radius 3 is 2.10 bits per heavy atom. The molecule has 0 atom stereocenters. The van der Waals surface area contributed by atoms with Crippen LogP contribution in [0.2, 0.25) is 0 Å². The topological polar surface area (TPSA) is 42.0 Å². The lowest BCUT2D eigenvalue weighted by Crippen LogP contribution is -2.40. The highest BCUT2D eigenvalue weighted by molar-refractivity contribution is 5.97. The zero-order chi connectivity index (χ0) is 22.1. The fraction of sp³-hybridized carbons (Fsp3) is 0.308. The molecule has 0 aliphatic heterocycles. The molecule has 2 aromatic carbocycles. The summed E-state index contributed by atoms with van der Waals surface area (Å²) in [5, 5.41) is 3.03. The summed E-state index contributed by atoms with van der Waals surface area (Å²) < 4.78 is 13.5. The Morgan fingerprint density at radius 2 is 1.50 bits per heavy atom. The second-order valence-corrected chi connectivity index (χ2v) is 9.68. The van der Waals surface area contributed by atoms with Crippen LogP contribution in [0.3, 0.4) is 0 Å². The molecule has 3 nitrogen and oxygen atoms in total. The van der Waals surface area contributed by atoms with Gasteiger partial charge in [0.05, 0.1) is 0 Å². The molecule has 30 heavy (non-hydrogen) atoms. The van der Waals surface area contributed by atoms with Crippen molar-refractivity contribution in [3.63, 3.8) is 0 Å². The van der Waals surface area contributed by atoms with Gasteiger partial charge in [0.15, 0.2) is 0 Å². The second kappa shape index (κ2) is 8.02. The number of nitrogens with one attached hydrogen (secondary N) is 1. The average molecular weight is 405 g/mol. The molecule has 0 saturated carbocycles. The van der Waals surface area contributed by atoms with Crippen molar-refractivity contribution in [2.75, 3.05) is 0 Å². The molecule has 3 rings (SSSR count). The molecule has 0 aliphatic carbocycles. The zero-order valence-corrected chi connectivity index (χ0v) is 18.5. The maximum atomic E-state index is 13.5. The van der Waals surface area contributed by atoms with Crippen LogP contribution in [0.15, 0.2) is 60.9 Å². The Balaban J connectivity index is 2.21. The lowest BCUT2D eigenvalue weighted by molar-refractivity contribution is 0.0919. The van der Waals surface area contributed by atoms with Gasteiger partial charge in [0, 0.05) is 29.1 Å². The van der Waals surface area contributed by atoms with Crippen LogP contribution in [-0.4, -0.2) is 16.4 Å². The highest BCUT2D eigenvalue weighted by atomic mass is 19.1. The zero-order valence-electron chi connectivity index (χ0n) is 18.5. The molecule has 3 aromatic rings. The van der Waals surface area contributed by atoms with Gasteiger partial charge >= 0.3 is 0 Å². The first-order valence-corrected chi connectivity index (χ1v) is 10.1. The van der Waals surface area contributed by atoms with Gasteiger partial charge in [0.1, 0.15) is 5.82 Å². The van der Waals surface area contributed by atoms with Crippen LogP contribution in [0.4, 0.5) is 4.39 Å². The quantitative estimate of drug-likeness (QED) is 0.550. The van der Waals surface area contributed by atoms with Crippen LogP contribution in [0.25, 0.3) is 22.3 Å². The van der Waals surface area contributed by atoms with Crippen molar-refractivity contribution in [1.29, 1.82) is 0 Å². The number of benzene rings is 2. The van der Waals surface area contributed by atoms with E-state index >= 15 is 0 Å².